The van der Waals surface area contributed by atoms with E-state index in [0.717, 1.165) is 6.42 Å². The highest BCUT2D eigenvalue weighted by molar-refractivity contribution is 7.35. The molecule has 0 bridgehead atoms. The van der Waals surface area contributed by atoms with Crippen LogP contribution in [0.5, 0.6) is 0 Å². The molecule has 0 spiro atoms. The highest BCUT2D eigenvalue weighted by Gasteiger charge is 2.29. The van der Waals surface area contributed by atoms with Gasteiger partial charge >= 0.3 is 0 Å². The zero-order chi connectivity index (χ0) is 8.36. The Hall–Kier alpha value is 0.797. The van der Waals surface area contributed by atoms with E-state index in [4.69, 9.17) is 22.2 Å². The Balaban J connectivity index is 3.87. The summed E-state index contributed by atoms with van der Waals surface area (Å²) in [6.45, 7) is 8.67. The standard InChI is InChI=1S/C7H15Cl2Si/c1-6(2)5-7(3,4)10(8)9/h6H,5H2,1-4H3. The largest absolute Gasteiger partial charge is 0.279 e. The van der Waals surface area contributed by atoms with Crippen molar-refractivity contribution in [3.05, 3.63) is 0 Å². The van der Waals surface area contributed by atoms with Gasteiger partial charge in [0.15, 0.2) is 0 Å². The molecular formula is C7H15Cl2Si. The molecule has 1 radical (unpaired) electrons. The molecule has 0 amide bonds. The molecule has 0 aromatic carbocycles. The minimum absolute atomic E-state index is 0.155. The summed E-state index contributed by atoms with van der Waals surface area (Å²) in [4.78, 5) is 0. The predicted molar refractivity (Wildman–Crippen MR) is 51.0 cm³/mol. The first-order chi connectivity index (χ1) is 4.36. The molecular weight excluding hydrogens is 183 g/mol. The van der Waals surface area contributed by atoms with Gasteiger partial charge in [-0.25, -0.2) is 0 Å². The summed E-state index contributed by atoms with van der Waals surface area (Å²) in [5, 5.41) is 0.155. The second-order valence-corrected chi connectivity index (χ2v) is 8.46. The first-order valence-electron chi connectivity index (χ1n) is 3.54. The summed E-state index contributed by atoms with van der Waals surface area (Å²) < 4.78 is 0. The molecule has 0 unspecified atom stereocenters. The highest BCUT2D eigenvalue weighted by atomic mass is 35.7. The van der Waals surface area contributed by atoms with Crippen LogP contribution in [0.4, 0.5) is 0 Å². The van der Waals surface area contributed by atoms with Gasteiger partial charge in [-0.2, -0.15) is 0 Å². The first-order valence-corrected chi connectivity index (χ1v) is 7.07. The van der Waals surface area contributed by atoms with Gasteiger partial charge in [0.05, 0.1) is 0 Å². The van der Waals surface area contributed by atoms with Gasteiger partial charge in [0.2, 0.25) is 0 Å². The number of hydrogen-bond donors (Lipinski definition) is 0. The maximum absolute atomic E-state index is 5.88. The Morgan fingerprint density at radius 1 is 1.30 bits per heavy atom. The first kappa shape index (κ1) is 10.8. The van der Waals surface area contributed by atoms with Gasteiger partial charge in [0.25, 0.3) is 7.42 Å². The molecule has 3 heteroatoms. The van der Waals surface area contributed by atoms with Crippen molar-refractivity contribution >= 4 is 29.6 Å². The average Bonchev–Trinajstić information content (AvgIpc) is 1.60. The maximum Gasteiger partial charge on any atom is 0.279 e. The van der Waals surface area contributed by atoms with Crippen LogP contribution < -0.4 is 0 Å². The van der Waals surface area contributed by atoms with Crippen LogP contribution in [0.1, 0.15) is 34.1 Å². The van der Waals surface area contributed by atoms with E-state index < -0.39 is 7.42 Å². The van der Waals surface area contributed by atoms with E-state index in [0.29, 0.717) is 5.92 Å². The van der Waals surface area contributed by atoms with Crippen LogP contribution in [0.2, 0.25) is 5.04 Å². The van der Waals surface area contributed by atoms with Crippen LogP contribution in [-0.2, 0) is 0 Å². The monoisotopic (exact) mass is 197 g/mol. The van der Waals surface area contributed by atoms with E-state index in [9.17, 15) is 0 Å². The van der Waals surface area contributed by atoms with Crippen LogP contribution in [0.15, 0.2) is 0 Å². The fraction of sp³-hybridized carbons (Fsp3) is 1.00. The predicted octanol–water partition coefficient (Wildman–Crippen LogP) is 3.78. The Kier molecular flexibility index (Phi) is 4.30. The van der Waals surface area contributed by atoms with E-state index in [-0.39, 0.29) is 5.04 Å². The van der Waals surface area contributed by atoms with Gasteiger partial charge in [-0.15, -0.1) is 22.2 Å². The van der Waals surface area contributed by atoms with Crippen molar-refractivity contribution in [2.45, 2.75) is 39.2 Å². The number of hydrogen-bond acceptors (Lipinski definition) is 0. The molecule has 0 saturated carbocycles. The SMILES string of the molecule is CC(C)CC(C)(C)[Si](Cl)Cl. The van der Waals surface area contributed by atoms with Crippen LogP contribution in [0.3, 0.4) is 0 Å². The maximum atomic E-state index is 5.88. The second-order valence-electron chi connectivity index (χ2n) is 3.74. The molecule has 0 rings (SSSR count). The molecule has 61 valence electrons. The van der Waals surface area contributed by atoms with Gasteiger partial charge in [0.1, 0.15) is 0 Å². The summed E-state index contributed by atoms with van der Waals surface area (Å²) in [7, 11) is -1.16. The van der Waals surface area contributed by atoms with Gasteiger partial charge in [0, 0.05) is 0 Å². The van der Waals surface area contributed by atoms with Crippen LogP contribution in [-0.4, -0.2) is 7.42 Å². The van der Waals surface area contributed by atoms with E-state index in [1.807, 2.05) is 0 Å². The fourth-order valence-electron chi connectivity index (χ4n) is 1.10. The van der Waals surface area contributed by atoms with Crippen molar-refractivity contribution in [3.63, 3.8) is 0 Å². The zero-order valence-electron chi connectivity index (χ0n) is 7.04. The molecule has 0 nitrogen and oxygen atoms in total. The summed E-state index contributed by atoms with van der Waals surface area (Å²) in [5.74, 6) is 0.687. The molecule has 10 heavy (non-hydrogen) atoms. The van der Waals surface area contributed by atoms with E-state index >= 15 is 0 Å². The number of halogens is 2. The summed E-state index contributed by atoms with van der Waals surface area (Å²) >= 11 is 11.8. The average molecular weight is 198 g/mol. The van der Waals surface area contributed by atoms with E-state index in [1.54, 1.807) is 0 Å². The molecule has 0 saturated heterocycles. The molecule has 0 aromatic heterocycles. The van der Waals surface area contributed by atoms with E-state index in [2.05, 4.69) is 27.7 Å². The third-order valence-electron chi connectivity index (χ3n) is 1.43. The Morgan fingerprint density at radius 3 is 1.80 bits per heavy atom. The normalized spacial score (nSPS) is 13.2. The van der Waals surface area contributed by atoms with Gasteiger partial charge in [-0.05, 0) is 17.4 Å². The van der Waals surface area contributed by atoms with Gasteiger partial charge in [-0.1, -0.05) is 27.7 Å². The van der Waals surface area contributed by atoms with Crippen LogP contribution in [0, 0.1) is 5.92 Å². The minimum Gasteiger partial charge on any atom is -0.146 e. The molecule has 0 aliphatic rings. The lowest BCUT2D eigenvalue weighted by molar-refractivity contribution is 0.483. The van der Waals surface area contributed by atoms with Crippen molar-refractivity contribution < 1.29 is 0 Å². The molecule has 0 N–H and O–H groups in total. The van der Waals surface area contributed by atoms with Crippen molar-refractivity contribution in [1.29, 1.82) is 0 Å². The minimum atomic E-state index is -1.16. The quantitative estimate of drug-likeness (QED) is 0.478. The lowest BCUT2D eigenvalue weighted by Crippen LogP contribution is -2.18. The van der Waals surface area contributed by atoms with E-state index in [1.165, 1.54) is 0 Å². The van der Waals surface area contributed by atoms with Crippen molar-refractivity contribution in [2.75, 3.05) is 0 Å². The second kappa shape index (κ2) is 3.98. The third kappa shape index (κ3) is 3.84. The van der Waals surface area contributed by atoms with Crippen LogP contribution in [0.25, 0.3) is 0 Å². The highest BCUT2D eigenvalue weighted by Crippen LogP contribution is 2.39. The summed E-state index contributed by atoms with van der Waals surface area (Å²) in [5.41, 5.74) is 0. The van der Waals surface area contributed by atoms with Gasteiger partial charge in [-0.3, -0.25) is 0 Å². The molecule has 0 heterocycles. The molecule has 0 aromatic rings. The molecule has 0 aliphatic heterocycles. The Morgan fingerprint density at radius 2 is 1.70 bits per heavy atom. The topological polar surface area (TPSA) is 0 Å². The van der Waals surface area contributed by atoms with Crippen LogP contribution >= 0.6 is 22.2 Å². The molecule has 0 aliphatic carbocycles. The Bertz CT molecular complexity index is 99.8. The lowest BCUT2D eigenvalue weighted by Gasteiger charge is -2.25. The fourth-order valence-corrected chi connectivity index (χ4v) is 2.12. The van der Waals surface area contributed by atoms with Crippen molar-refractivity contribution in [1.82, 2.24) is 0 Å². The smallest absolute Gasteiger partial charge is 0.146 e. The summed E-state index contributed by atoms with van der Waals surface area (Å²) in [6, 6.07) is 0. The third-order valence-corrected chi connectivity index (χ3v) is 5.73. The van der Waals surface area contributed by atoms with Crippen molar-refractivity contribution in [2.24, 2.45) is 5.92 Å². The lowest BCUT2D eigenvalue weighted by atomic mass is 10.00. The molecule has 0 atom stereocenters. The van der Waals surface area contributed by atoms with Crippen molar-refractivity contribution in [3.8, 4) is 0 Å². The summed E-state index contributed by atoms with van der Waals surface area (Å²) in [6.07, 6.45) is 1.12. The zero-order valence-corrected chi connectivity index (χ0v) is 9.55. The Labute approximate surface area is 74.9 Å². The van der Waals surface area contributed by atoms with Gasteiger partial charge < -0.3 is 0 Å². The number of rotatable bonds is 3. The molecule has 0 fully saturated rings.